The van der Waals surface area contributed by atoms with Crippen molar-refractivity contribution in [3.8, 4) is 0 Å². The number of rotatable bonds is 4. The second-order valence-electron chi connectivity index (χ2n) is 4.55. The highest BCUT2D eigenvalue weighted by Gasteiger charge is 2.25. The van der Waals surface area contributed by atoms with Gasteiger partial charge in [0.25, 0.3) is 0 Å². The number of aromatic nitrogens is 1. The van der Waals surface area contributed by atoms with Gasteiger partial charge in [0, 0.05) is 12.0 Å². The SMILES string of the molecule is Cc1nc(CC(CO)C2CCCC2)cs1. The van der Waals surface area contributed by atoms with Crippen LogP contribution in [0.4, 0.5) is 0 Å². The molecule has 15 heavy (non-hydrogen) atoms. The highest BCUT2D eigenvalue weighted by Crippen LogP contribution is 2.33. The molecule has 84 valence electrons. The third-order valence-corrected chi connectivity index (χ3v) is 4.26. The standard InChI is InChI=1S/C12H19NOS/c1-9-13-12(8-15-9)6-11(7-14)10-4-2-3-5-10/h8,10-11,14H,2-7H2,1H3. The first-order valence-electron chi connectivity index (χ1n) is 5.81. The van der Waals surface area contributed by atoms with E-state index in [1.165, 1.54) is 31.4 Å². The van der Waals surface area contributed by atoms with Gasteiger partial charge in [-0.15, -0.1) is 11.3 Å². The molecule has 1 unspecified atom stereocenters. The maximum absolute atomic E-state index is 9.43. The number of hydrogen-bond acceptors (Lipinski definition) is 3. The molecule has 0 aromatic carbocycles. The van der Waals surface area contributed by atoms with Crippen LogP contribution in [0, 0.1) is 18.8 Å². The number of aryl methyl sites for hydroxylation is 1. The van der Waals surface area contributed by atoms with Crippen LogP contribution in [0.3, 0.4) is 0 Å². The molecule has 1 aliphatic rings. The molecule has 0 bridgehead atoms. The Morgan fingerprint density at radius 2 is 2.27 bits per heavy atom. The van der Waals surface area contributed by atoms with Crippen molar-refractivity contribution in [3.63, 3.8) is 0 Å². The molecule has 3 heteroatoms. The number of aliphatic hydroxyl groups is 1. The van der Waals surface area contributed by atoms with E-state index in [-0.39, 0.29) is 0 Å². The summed E-state index contributed by atoms with van der Waals surface area (Å²) < 4.78 is 0. The predicted octanol–water partition coefficient (Wildman–Crippen LogP) is 2.79. The molecule has 1 saturated carbocycles. The van der Waals surface area contributed by atoms with Crippen molar-refractivity contribution in [2.45, 2.75) is 39.0 Å². The van der Waals surface area contributed by atoms with Crippen LogP contribution >= 0.6 is 11.3 Å². The summed E-state index contributed by atoms with van der Waals surface area (Å²) in [5.74, 6) is 1.17. The molecule has 0 aliphatic heterocycles. The van der Waals surface area contributed by atoms with Gasteiger partial charge in [0.05, 0.1) is 10.7 Å². The summed E-state index contributed by atoms with van der Waals surface area (Å²) >= 11 is 1.71. The molecule has 0 spiro atoms. The fraction of sp³-hybridized carbons (Fsp3) is 0.750. The molecule has 1 aliphatic carbocycles. The van der Waals surface area contributed by atoms with Crippen LogP contribution in [0.1, 0.15) is 36.4 Å². The maximum atomic E-state index is 9.43. The summed E-state index contributed by atoms with van der Waals surface area (Å²) in [6.07, 6.45) is 6.25. The van der Waals surface area contributed by atoms with Gasteiger partial charge in [-0.2, -0.15) is 0 Å². The first-order valence-corrected chi connectivity index (χ1v) is 6.69. The first-order chi connectivity index (χ1) is 7.29. The minimum Gasteiger partial charge on any atom is -0.396 e. The first kappa shape index (κ1) is 11.1. The van der Waals surface area contributed by atoms with Crippen LogP contribution in [0.2, 0.25) is 0 Å². The Hall–Kier alpha value is -0.410. The summed E-state index contributed by atoms with van der Waals surface area (Å²) in [5.41, 5.74) is 1.17. The molecule has 1 atom stereocenters. The van der Waals surface area contributed by atoms with Gasteiger partial charge in [-0.05, 0) is 25.2 Å². The summed E-state index contributed by atoms with van der Waals surface area (Å²) in [5, 5.41) is 12.7. The number of thiazole rings is 1. The Morgan fingerprint density at radius 1 is 1.53 bits per heavy atom. The average molecular weight is 225 g/mol. The topological polar surface area (TPSA) is 33.1 Å². The lowest BCUT2D eigenvalue weighted by Gasteiger charge is -2.19. The minimum atomic E-state index is 0.321. The Kier molecular flexibility index (Phi) is 3.76. The van der Waals surface area contributed by atoms with Crippen LogP contribution in [-0.4, -0.2) is 16.7 Å². The zero-order valence-corrected chi connectivity index (χ0v) is 10.1. The minimum absolute atomic E-state index is 0.321. The van der Waals surface area contributed by atoms with Crippen molar-refractivity contribution in [1.82, 2.24) is 4.98 Å². The van der Waals surface area contributed by atoms with Crippen LogP contribution in [0.15, 0.2) is 5.38 Å². The summed E-state index contributed by atoms with van der Waals surface area (Å²) in [6, 6.07) is 0. The molecule has 1 aromatic heterocycles. The summed E-state index contributed by atoms with van der Waals surface area (Å²) in [4.78, 5) is 4.48. The van der Waals surface area contributed by atoms with Crippen molar-refractivity contribution in [2.24, 2.45) is 11.8 Å². The van der Waals surface area contributed by atoms with Gasteiger partial charge in [0.15, 0.2) is 0 Å². The Balaban J connectivity index is 1.95. The highest BCUT2D eigenvalue weighted by molar-refractivity contribution is 7.09. The monoisotopic (exact) mass is 225 g/mol. The zero-order valence-electron chi connectivity index (χ0n) is 9.28. The van der Waals surface area contributed by atoms with Crippen molar-refractivity contribution >= 4 is 11.3 Å². The van der Waals surface area contributed by atoms with Crippen molar-refractivity contribution in [2.75, 3.05) is 6.61 Å². The van der Waals surface area contributed by atoms with E-state index in [4.69, 9.17) is 0 Å². The molecule has 1 N–H and O–H groups in total. The van der Waals surface area contributed by atoms with Crippen LogP contribution < -0.4 is 0 Å². The van der Waals surface area contributed by atoms with Gasteiger partial charge >= 0.3 is 0 Å². The molecule has 0 radical (unpaired) electrons. The third kappa shape index (κ3) is 2.79. The quantitative estimate of drug-likeness (QED) is 0.854. The number of aliphatic hydroxyl groups excluding tert-OH is 1. The molecule has 0 amide bonds. The Morgan fingerprint density at radius 3 is 2.80 bits per heavy atom. The molecular weight excluding hydrogens is 206 g/mol. The van der Waals surface area contributed by atoms with Gasteiger partial charge < -0.3 is 5.11 Å². The Labute approximate surface area is 95.4 Å². The fourth-order valence-corrected chi connectivity index (χ4v) is 3.21. The van der Waals surface area contributed by atoms with Gasteiger partial charge in [-0.1, -0.05) is 25.7 Å². The average Bonchev–Trinajstić information content (AvgIpc) is 2.85. The van der Waals surface area contributed by atoms with E-state index in [2.05, 4.69) is 10.4 Å². The van der Waals surface area contributed by atoms with Gasteiger partial charge in [-0.3, -0.25) is 0 Å². The van der Waals surface area contributed by atoms with Crippen LogP contribution in [0.25, 0.3) is 0 Å². The van der Waals surface area contributed by atoms with Crippen LogP contribution in [-0.2, 0) is 6.42 Å². The molecule has 1 aromatic rings. The maximum Gasteiger partial charge on any atom is 0.0897 e. The van der Waals surface area contributed by atoms with E-state index < -0.39 is 0 Å². The van der Waals surface area contributed by atoms with Crippen molar-refractivity contribution < 1.29 is 5.11 Å². The van der Waals surface area contributed by atoms with E-state index in [0.717, 1.165) is 17.3 Å². The lowest BCUT2D eigenvalue weighted by molar-refractivity contribution is 0.175. The van der Waals surface area contributed by atoms with Gasteiger partial charge in [0.2, 0.25) is 0 Å². The Bertz CT molecular complexity index is 304. The second kappa shape index (κ2) is 5.08. The van der Waals surface area contributed by atoms with E-state index in [1.807, 2.05) is 6.92 Å². The van der Waals surface area contributed by atoms with Crippen LogP contribution in [0.5, 0.6) is 0 Å². The van der Waals surface area contributed by atoms with Crippen molar-refractivity contribution in [1.29, 1.82) is 0 Å². The highest BCUT2D eigenvalue weighted by atomic mass is 32.1. The summed E-state index contributed by atoms with van der Waals surface area (Å²) in [6.45, 7) is 2.36. The number of nitrogens with zero attached hydrogens (tertiary/aromatic N) is 1. The lowest BCUT2D eigenvalue weighted by atomic mass is 9.88. The third-order valence-electron chi connectivity index (χ3n) is 3.44. The second-order valence-corrected chi connectivity index (χ2v) is 5.61. The van der Waals surface area contributed by atoms with E-state index in [9.17, 15) is 5.11 Å². The predicted molar refractivity (Wildman–Crippen MR) is 63.1 cm³/mol. The van der Waals surface area contributed by atoms with Gasteiger partial charge in [0.1, 0.15) is 0 Å². The lowest BCUT2D eigenvalue weighted by Crippen LogP contribution is -2.18. The molecular formula is C12H19NOS. The number of hydrogen-bond donors (Lipinski definition) is 1. The van der Waals surface area contributed by atoms with Crippen molar-refractivity contribution in [3.05, 3.63) is 16.1 Å². The van der Waals surface area contributed by atoms with E-state index >= 15 is 0 Å². The zero-order chi connectivity index (χ0) is 10.7. The van der Waals surface area contributed by atoms with Gasteiger partial charge in [-0.25, -0.2) is 4.98 Å². The molecule has 2 rings (SSSR count). The molecule has 1 fully saturated rings. The normalized spacial score (nSPS) is 19.6. The molecule has 0 saturated heterocycles. The van der Waals surface area contributed by atoms with E-state index in [1.54, 1.807) is 11.3 Å². The molecule has 2 nitrogen and oxygen atoms in total. The smallest absolute Gasteiger partial charge is 0.0897 e. The largest absolute Gasteiger partial charge is 0.396 e. The fourth-order valence-electron chi connectivity index (χ4n) is 2.58. The molecule has 1 heterocycles. The summed E-state index contributed by atoms with van der Waals surface area (Å²) in [7, 11) is 0. The van der Waals surface area contributed by atoms with E-state index in [0.29, 0.717) is 12.5 Å².